The van der Waals surface area contributed by atoms with Crippen LogP contribution in [0.1, 0.15) is 16.1 Å². The number of alkyl halides is 3. The zero-order valence-corrected chi connectivity index (χ0v) is 10.3. The molecule has 2 aromatic rings. The number of halogens is 3. The normalized spacial score (nSPS) is 11.8. The standard InChI is InChI=1S/C12H10F3NOS/c1-7-10(6-17)18-11(16-7)8-3-2-4-9(5-8)12(13,14)15/h2-5,17H,6H2,1H3. The molecule has 1 aromatic carbocycles. The highest BCUT2D eigenvalue weighted by molar-refractivity contribution is 7.15. The van der Waals surface area contributed by atoms with E-state index < -0.39 is 11.7 Å². The Balaban J connectivity index is 2.44. The van der Waals surface area contributed by atoms with E-state index >= 15 is 0 Å². The molecule has 2 nitrogen and oxygen atoms in total. The van der Waals surface area contributed by atoms with Gasteiger partial charge in [-0.15, -0.1) is 11.3 Å². The maximum absolute atomic E-state index is 12.6. The van der Waals surface area contributed by atoms with Crippen LogP contribution in [0.3, 0.4) is 0 Å². The molecule has 0 bridgehead atoms. The van der Waals surface area contributed by atoms with Crippen LogP contribution in [-0.2, 0) is 12.8 Å². The van der Waals surface area contributed by atoms with Crippen molar-refractivity contribution in [1.29, 1.82) is 0 Å². The van der Waals surface area contributed by atoms with E-state index in [2.05, 4.69) is 4.98 Å². The van der Waals surface area contributed by atoms with Crippen molar-refractivity contribution in [3.63, 3.8) is 0 Å². The fourth-order valence-corrected chi connectivity index (χ4v) is 2.45. The first-order valence-corrected chi connectivity index (χ1v) is 5.98. The Bertz CT molecular complexity index is 563. The molecule has 18 heavy (non-hydrogen) atoms. The highest BCUT2D eigenvalue weighted by Crippen LogP contribution is 2.34. The lowest BCUT2D eigenvalue weighted by Gasteiger charge is -2.07. The zero-order chi connectivity index (χ0) is 13.3. The fraction of sp³-hybridized carbons (Fsp3) is 0.250. The highest BCUT2D eigenvalue weighted by Gasteiger charge is 2.30. The van der Waals surface area contributed by atoms with Gasteiger partial charge in [0.25, 0.3) is 0 Å². The molecule has 0 radical (unpaired) electrons. The van der Waals surface area contributed by atoms with Gasteiger partial charge in [-0.25, -0.2) is 4.98 Å². The molecule has 0 saturated heterocycles. The minimum absolute atomic E-state index is 0.150. The number of benzene rings is 1. The zero-order valence-electron chi connectivity index (χ0n) is 9.45. The SMILES string of the molecule is Cc1nc(-c2cccc(C(F)(F)F)c2)sc1CO. The number of aliphatic hydroxyl groups is 1. The minimum Gasteiger partial charge on any atom is -0.391 e. The summed E-state index contributed by atoms with van der Waals surface area (Å²) in [5.41, 5.74) is 0.367. The van der Waals surface area contributed by atoms with Crippen molar-refractivity contribution in [2.24, 2.45) is 0 Å². The molecule has 1 N–H and O–H groups in total. The second-order valence-electron chi connectivity index (χ2n) is 3.76. The molecular formula is C12H10F3NOS. The molecule has 6 heteroatoms. The fourth-order valence-electron chi connectivity index (χ4n) is 1.53. The summed E-state index contributed by atoms with van der Waals surface area (Å²) in [7, 11) is 0. The van der Waals surface area contributed by atoms with Crippen molar-refractivity contribution < 1.29 is 18.3 Å². The van der Waals surface area contributed by atoms with Gasteiger partial charge in [0.05, 0.1) is 22.7 Å². The molecule has 1 heterocycles. The third kappa shape index (κ3) is 2.54. The smallest absolute Gasteiger partial charge is 0.391 e. The maximum Gasteiger partial charge on any atom is 0.416 e. The topological polar surface area (TPSA) is 33.1 Å². The van der Waals surface area contributed by atoms with Crippen LogP contribution < -0.4 is 0 Å². The third-order valence-electron chi connectivity index (χ3n) is 2.47. The number of aromatic nitrogens is 1. The maximum atomic E-state index is 12.6. The minimum atomic E-state index is -4.36. The van der Waals surface area contributed by atoms with Gasteiger partial charge in [0.15, 0.2) is 0 Å². The summed E-state index contributed by atoms with van der Waals surface area (Å²) in [4.78, 5) is 4.83. The Morgan fingerprint density at radius 1 is 1.33 bits per heavy atom. The predicted molar refractivity (Wildman–Crippen MR) is 63.2 cm³/mol. The number of aryl methyl sites for hydroxylation is 1. The first-order chi connectivity index (χ1) is 8.41. The molecule has 0 amide bonds. The van der Waals surface area contributed by atoms with Crippen molar-refractivity contribution in [3.05, 3.63) is 40.4 Å². The van der Waals surface area contributed by atoms with Crippen LogP contribution in [-0.4, -0.2) is 10.1 Å². The second-order valence-corrected chi connectivity index (χ2v) is 4.85. The number of thiazole rings is 1. The van der Waals surface area contributed by atoms with E-state index in [4.69, 9.17) is 5.11 Å². The number of hydrogen-bond donors (Lipinski definition) is 1. The van der Waals surface area contributed by atoms with E-state index in [0.717, 1.165) is 12.1 Å². The first kappa shape index (κ1) is 13.0. The Kier molecular flexibility index (Phi) is 3.41. The van der Waals surface area contributed by atoms with E-state index in [1.165, 1.54) is 17.4 Å². The van der Waals surface area contributed by atoms with Crippen LogP contribution in [0.15, 0.2) is 24.3 Å². The molecule has 0 saturated carbocycles. The third-order valence-corrected chi connectivity index (χ3v) is 3.66. The Labute approximate surface area is 106 Å². The van der Waals surface area contributed by atoms with Crippen molar-refractivity contribution in [2.75, 3.05) is 0 Å². The van der Waals surface area contributed by atoms with Gasteiger partial charge in [-0.2, -0.15) is 13.2 Å². The Morgan fingerprint density at radius 2 is 2.06 bits per heavy atom. The van der Waals surface area contributed by atoms with Gasteiger partial charge in [-0.3, -0.25) is 0 Å². The molecule has 0 atom stereocenters. The Morgan fingerprint density at radius 3 is 2.61 bits per heavy atom. The van der Waals surface area contributed by atoms with Crippen LogP contribution in [0.2, 0.25) is 0 Å². The van der Waals surface area contributed by atoms with Crippen molar-refractivity contribution in [1.82, 2.24) is 4.98 Å². The molecular weight excluding hydrogens is 263 g/mol. The average Bonchev–Trinajstić information content (AvgIpc) is 2.70. The summed E-state index contributed by atoms with van der Waals surface area (Å²) in [6.45, 7) is 1.57. The second kappa shape index (κ2) is 4.70. The summed E-state index contributed by atoms with van der Waals surface area (Å²) in [5, 5.41) is 9.54. The lowest BCUT2D eigenvalue weighted by Crippen LogP contribution is -2.04. The van der Waals surface area contributed by atoms with Crippen LogP contribution in [0, 0.1) is 6.92 Å². The molecule has 1 aromatic heterocycles. The average molecular weight is 273 g/mol. The molecule has 2 rings (SSSR count). The number of aliphatic hydroxyl groups excluding tert-OH is 1. The Hall–Kier alpha value is -1.40. The summed E-state index contributed by atoms with van der Waals surface area (Å²) in [5.74, 6) is 0. The van der Waals surface area contributed by atoms with E-state index in [0.29, 0.717) is 21.1 Å². The van der Waals surface area contributed by atoms with Gasteiger partial charge in [0.2, 0.25) is 0 Å². The van der Waals surface area contributed by atoms with Crippen molar-refractivity contribution in [2.45, 2.75) is 19.7 Å². The monoisotopic (exact) mass is 273 g/mol. The molecule has 0 unspecified atom stereocenters. The van der Waals surface area contributed by atoms with Crippen molar-refractivity contribution >= 4 is 11.3 Å². The highest BCUT2D eigenvalue weighted by atomic mass is 32.1. The van der Waals surface area contributed by atoms with Crippen LogP contribution in [0.25, 0.3) is 10.6 Å². The molecule has 96 valence electrons. The van der Waals surface area contributed by atoms with Gasteiger partial charge >= 0.3 is 6.18 Å². The number of nitrogens with zero attached hydrogens (tertiary/aromatic N) is 1. The summed E-state index contributed by atoms with van der Waals surface area (Å²) in [6.07, 6.45) is -4.36. The number of hydrogen-bond acceptors (Lipinski definition) is 3. The predicted octanol–water partition coefficient (Wildman–Crippen LogP) is 3.63. The van der Waals surface area contributed by atoms with E-state index in [9.17, 15) is 13.2 Å². The van der Waals surface area contributed by atoms with Gasteiger partial charge in [0, 0.05) is 5.56 Å². The molecule has 0 spiro atoms. The molecule has 0 aliphatic heterocycles. The van der Waals surface area contributed by atoms with Crippen molar-refractivity contribution in [3.8, 4) is 10.6 Å². The van der Waals surface area contributed by atoms with Gasteiger partial charge in [-0.1, -0.05) is 12.1 Å². The number of rotatable bonds is 2. The molecule has 0 fully saturated rings. The first-order valence-electron chi connectivity index (χ1n) is 5.16. The quantitative estimate of drug-likeness (QED) is 0.906. The summed E-state index contributed by atoms with van der Waals surface area (Å²) in [6, 6.07) is 5.03. The molecule has 0 aliphatic carbocycles. The molecule has 0 aliphatic rings. The van der Waals surface area contributed by atoms with E-state index in [1.54, 1.807) is 13.0 Å². The lowest BCUT2D eigenvalue weighted by atomic mass is 10.1. The van der Waals surface area contributed by atoms with Crippen LogP contribution >= 0.6 is 11.3 Å². The van der Waals surface area contributed by atoms with E-state index in [-0.39, 0.29) is 6.61 Å². The van der Waals surface area contributed by atoms with Crippen LogP contribution in [0.5, 0.6) is 0 Å². The van der Waals surface area contributed by atoms with Gasteiger partial charge in [0.1, 0.15) is 5.01 Å². The van der Waals surface area contributed by atoms with Crippen LogP contribution in [0.4, 0.5) is 13.2 Å². The van der Waals surface area contributed by atoms with Gasteiger partial charge in [-0.05, 0) is 19.1 Å². The van der Waals surface area contributed by atoms with Gasteiger partial charge < -0.3 is 5.11 Å². The summed E-state index contributed by atoms with van der Waals surface area (Å²) < 4.78 is 37.7. The lowest BCUT2D eigenvalue weighted by molar-refractivity contribution is -0.137. The largest absolute Gasteiger partial charge is 0.416 e. The van der Waals surface area contributed by atoms with E-state index in [1.807, 2.05) is 0 Å². The summed E-state index contributed by atoms with van der Waals surface area (Å²) >= 11 is 1.20.